The maximum Gasteiger partial charge on any atom is 0.191 e. The average molecular weight is 238 g/mol. The van der Waals surface area contributed by atoms with E-state index in [1.165, 1.54) is 17.3 Å². The van der Waals surface area contributed by atoms with Crippen LogP contribution in [0.1, 0.15) is 5.56 Å². The van der Waals surface area contributed by atoms with Crippen LogP contribution in [0.15, 0.2) is 28.0 Å². The predicted molar refractivity (Wildman–Crippen MR) is 64.7 cm³/mol. The van der Waals surface area contributed by atoms with Crippen LogP contribution in [0.25, 0.3) is 0 Å². The van der Waals surface area contributed by atoms with Crippen molar-refractivity contribution in [3.63, 3.8) is 0 Å². The van der Waals surface area contributed by atoms with Crippen LogP contribution in [0.3, 0.4) is 0 Å². The first-order chi connectivity index (χ1) is 7.24. The molecule has 0 saturated heterocycles. The van der Waals surface area contributed by atoms with Gasteiger partial charge in [0.05, 0.1) is 0 Å². The molecule has 0 amide bonds. The minimum Gasteiger partial charge on any atom is -0.383 e. The van der Waals surface area contributed by atoms with Crippen LogP contribution in [0.2, 0.25) is 0 Å². The molecule has 0 unspecified atom stereocenters. The van der Waals surface area contributed by atoms with Crippen molar-refractivity contribution in [2.75, 3.05) is 11.5 Å². The highest BCUT2D eigenvalue weighted by Gasteiger charge is 2.02. The number of aromatic nitrogens is 2. The third-order valence-corrected chi connectivity index (χ3v) is 3.34. The molecule has 2 aromatic rings. The first-order valence-electron chi connectivity index (χ1n) is 4.28. The molecule has 0 spiro atoms. The number of hydrogen-bond acceptors (Lipinski definition) is 6. The van der Waals surface area contributed by atoms with E-state index < -0.39 is 0 Å². The van der Waals surface area contributed by atoms with Gasteiger partial charge in [0.2, 0.25) is 0 Å². The topological polar surface area (TPSA) is 77.8 Å². The lowest BCUT2D eigenvalue weighted by molar-refractivity contribution is 0.984. The molecule has 78 valence electrons. The van der Waals surface area contributed by atoms with E-state index in [9.17, 15) is 0 Å². The third kappa shape index (κ3) is 2.84. The van der Waals surface area contributed by atoms with Gasteiger partial charge in [-0.05, 0) is 22.4 Å². The number of hydrogen-bond donors (Lipinski definition) is 2. The second-order valence-corrected chi connectivity index (χ2v) is 4.64. The Balaban J connectivity index is 2.05. The fourth-order valence-electron chi connectivity index (χ4n) is 1.05. The van der Waals surface area contributed by atoms with Crippen molar-refractivity contribution in [2.24, 2.45) is 0 Å². The second kappa shape index (κ2) is 4.50. The number of nitrogens with two attached hydrogens (primary N) is 2. The molecule has 4 N–H and O–H groups in total. The number of thioether (sulfide) groups is 1. The summed E-state index contributed by atoms with van der Waals surface area (Å²) >= 11 is 3.21. The molecule has 0 aromatic carbocycles. The van der Waals surface area contributed by atoms with E-state index in [0.29, 0.717) is 16.8 Å². The molecule has 0 aliphatic carbocycles. The molecule has 0 aliphatic heterocycles. The van der Waals surface area contributed by atoms with Crippen molar-refractivity contribution >= 4 is 34.7 Å². The van der Waals surface area contributed by atoms with E-state index in [4.69, 9.17) is 11.5 Å². The van der Waals surface area contributed by atoms with E-state index >= 15 is 0 Å². The van der Waals surface area contributed by atoms with Gasteiger partial charge in [-0.15, -0.1) is 0 Å². The largest absolute Gasteiger partial charge is 0.383 e. The summed E-state index contributed by atoms with van der Waals surface area (Å²) in [5.74, 6) is 1.66. The highest BCUT2D eigenvalue weighted by molar-refractivity contribution is 7.98. The molecule has 0 fully saturated rings. The number of anilines is 2. The predicted octanol–water partition coefficient (Wildman–Crippen LogP) is 1.99. The second-order valence-electron chi connectivity index (χ2n) is 2.92. The van der Waals surface area contributed by atoms with E-state index in [2.05, 4.69) is 21.4 Å². The molecule has 6 heteroatoms. The lowest BCUT2D eigenvalue weighted by Crippen LogP contribution is -1.99. The van der Waals surface area contributed by atoms with Crippen molar-refractivity contribution in [3.05, 3.63) is 28.5 Å². The quantitative estimate of drug-likeness (QED) is 0.631. The molecule has 2 rings (SSSR count). The molecule has 0 aliphatic rings. The Labute approximate surface area is 95.7 Å². The highest BCUT2D eigenvalue weighted by Crippen LogP contribution is 2.22. The van der Waals surface area contributed by atoms with Crippen molar-refractivity contribution < 1.29 is 0 Å². The zero-order valence-corrected chi connectivity index (χ0v) is 9.52. The molecule has 0 atom stereocenters. The molecule has 0 bridgehead atoms. The number of rotatable bonds is 3. The summed E-state index contributed by atoms with van der Waals surface area (Å²) in [6.07, 6.45) is 0. The van der Waals surface area contributed by atoms with Crippen LogP contribution in [-0.2, 0) is 5.75 Å². The average Bonchev–Trinajstić information content (AvgIpc) is 2.65. The summed E-state index contributed by atoms with van der Waals surface area (Å²) in [7, 11) is 0. The number of nitrogens with zero attached hydrogens (tertiary/aromatic N) is 2. The van der Waals surface area contributed by atoms with E-state index in [1.807, 2.05) is 5.38 Å². The minimum atomic E-state index is 0.412. The molecule has 4 nitrogen and oxygen atoms in total. The van der Waals surface area contributed by atoms with E-state index in [0.717, 1.165) is 5.75 Å². The van der Waals surface area contributed by atoms with Crippen molar-refractivity contribution in [2.45, 2.75) is 10.9 Å². The SMILES string of the molecule is Nc1cc(N)nc(SCc2ccsc2)n1. The lowest BCUT2D eigenvalue weighted by Gasteiger charge is -2.01. The van der Waals surface area contributed by atoms with Gasteiger partial charge in [0.25, 0.3) is 0 Å². The van der Waals surface area contributed by atoms with E-state index in [-0.39, 0.29) is 0 Å². The Bertz CT molecular complexity index is 421. The van der Waals surface area contributed by atoms with Gasteiger partial charge in [-0.25, -0.2) is 9.97 Å². The summed E-state index contributed by atoms with van der Waals surface area (Å²) in [6.45, 7) is 0. The zero-order chi connectivity index (χ0) is 10.7. The minimum absolute atomic E-state index is 0.412. The van der Waals surface area contributed by atoms with Crippen LogP contribution in [-0.4, -0.2) is 9.97 Å². The number of thiophene rings is 1. The normalized spacial score (nSPS) is 10.4. The number of nitrogen functional groups attached to an aromatic ring is 2. The Kier molecular flexibility index (Phi) is 3.08. The summed E-state index contributed by atoms with van der Waals surface area (Å²) in [5.41, 5.74) is 12.4. The first kappa shape index (κ1) is 10.3. The van der Waals surface area contributed by atoms with Gasteiger partial charge >= 0.3 is 0 Å². The third-order valence-electron chi connectivity index (χ3n) is 1.69. The maximum atomic E-state index is 5.57. The highest BCUT2D eigenvalue weighted by atomic mass is 32.2. The monoisotopic (exact) mass is 238 g/mol. The van der Waals surface area contributed by atoms with Gasteiger partial charge in [0.1, 0.15) is 11.6 Å². The van der Waals surface area contributed by atoms with Gasteiger partial charge in [-0.2, -0.15) is 11.3 Å². The van der Waals surface area contributed by atoms with Gasteiger partial charge in [0, 0.05) is 11.8 Å². The van der Waals surface area contributed by atoms with Crippen LogP contribution >= 0.6 is 23.1 Å². The molecule has 2 heterocycles. The molecule has 0 saturated carbocycles. The zero-order valence-electron chi connectivity index (χ0n) is 7.88. The van der Waals surface area contributed by atoms with Crippen LogP contribution in [0, 0.1) is 0 Å². The molecular weight excluding hydrogens is 228 g/mol. The van der Waals surface area contributed by atoms with Crippen LogP contribution < -0.4 is 11.5 Å². The van der Waals surface area contributed by atoms with Crippen molar-refractivity contribution in [1.82, 2.24) is 9.97 Å². The van der Waals surface area contributed by atoms with Gasteiger partial charge in [-0.1, -0.05) is 11.8 Å². The Morgan fingerprint density at radius 1 is 1.27 bits per heavy atom. The molecule has 2 aromatic heterocycles. The first-order valence-corrected chi connectivity index (χ1v) is 6.21. The fourth-order valence-corrected chi connectivity index (χ4v) is 2.64. The molecular formula is C9H10N4S2. The van der Waals surface area contributed by atoms with Crippen molar-refractivity contribution in [3.8, 4) is 0 Å². The Morgan fingerprint density at radius 2 is 2.00 bits per heavy atom. The smallest absolute Gasteiger partial charge is 0.191 e. The summed E-state index contributed by atoms with van der Waals surface area (Å²) < 4.78 is 0. The van der Waals surface area contributed by atoms with E-state index in [1.54, 1.807) is 17.4 Å². The van der Waals surface area contributed by atoms with Gasteiger partial charge in [0.15, 0.2) is 5.16 Å². The van der Waals surface area contributed by atoms with Crippen molar-refractivity contribution in [1.29, 1.82) is 0 Å². The summed E-state index contributed by atoms with van der Waals surface area (Å²) in [5, 5.41) is 4.77. The molecule has 0 radical (unpaired) electrons. The molecule has 15 heavy (non-hydrogen) atoms. The maximum absolute atomic E-state index is 5.57. The standard InChI is InChI=1S/C9H10N4S2/c10-7-3-8(11)13-9(12-7)15-5-6-1-2-14-4-6/h1-4H,5H2,(H4,10,11,12,13). The summed E-state index contributed by atoms with van der Waals surface area (Å²) in [4.78, 5) is 8.17. The van der Waals surface area contributed by atoms with Gasteiger partial charge in [-0.3, -0.25) is 0 Å². The van der Waals surface area contributed by atoms with Crippen LogP contribution in [0.5, 0.6) is 0 Å². The fraction of sp³-hybridized carbons (Fsp3) is 0.111. The van der Waals surface area contributed by atoms with Crippen LogP contribution in [0.4, 0.5) is 11.6 Å². The van der Waals surface area contributed by atoms with Gasteiger partial charge < -0.3 is 11.5 Å². The Hall–Kier alpha value is -1.27. The Morgan fingerprint density at radius 3 is 2.60 bits per heavy atom. The summed E-state index contributed by atoms with van der Waals surface area (Å²) in [6, 6.07) is 3.63. The lowest BCUT2D eigenvalue weighted by atomic mass is 10.4.